The van der Waals surface area contributed by atoms with E-state index in [0.29, 0.717) is 6.07 Å². The second-order valence-electron chi connectivity index (χ2n) is 6.39. The molecule has 0 aliphatic carbocycles. The fraction of sp³-hybridized carbons (Fsp3) is 0.500. The largest absolute Gasteiger partial charge is 0.457 e. The molecule has 0 aliphatic heterocycles. The minimum Gasteiger partial charge on any atom is -0.457 e. The Morgan fingerprint density at radius 2 is 1.67 bits per heavy atom. The van der Waals surface area contributed by atoms with E-state index >= 15 is 0 Å². The van der Waals surface area contributed by atoms with Crippen LogP contribution in [-0.4, -0.2) is 39.1 Å². The van der Waals surface area contributed by atoms with Crippen LogP contribution < -0.4 is 4.72 Å². The van der Waals surface area contributed by atoms with Gasteiger partial charge in [-0.1, -0.05) is 12.1 Å². The summed E-state index contributed by atoms with van der Waals surface area (Å²) in [5, 5.41) is 0. The molecule has 0 unspecified atom stereocenters. The van der Waals surface area contributed by atoms with Gasteiger partial charge in [0.2, 0.25) is 10.0 Å². The fourth-order valence-corrected chi connectivity index (χ4v) is 3.14. The number of esters is 2. The topological polar surface area (TPSA) is 98.8 Å². The first-order valence-corrected chi connectivity index (χ1v) is 9.24. The second kappa shape index (κ2) is 8.70. The van der Waals surface area contributed by atoms with Crippen LogP contribution in [0.5, 0.6) is 0 Å². The zero-order chi connectivity index (χ0) is 20.9. The molecule has 1 rings (SSSR count). The summed E-state index contributed by atoms with van der Waals surface area (Å²) in [7, 11) is -4.49. The third-order valence-electron chi connectivity index (χ3n) is 2.87. The molecule has 0 radical (unpaired) electrons. The SMILES string of the molecule is CC(C)(C)OC(=O)COC(=O)CCNS(=O)(=O)c1ccccc1C(F)(F)F. The van der Waals surface area contributed by atoms with Crippen molar-refractivity contribution in [3.8, 4) is 0 Å². The summed E-state index contributed by atoms with van der Waals surface area (Å²) >= 11 is 0. The molecule has 0 saturated heterocycles. The monoisotopic (exact) mass is 411 g/mol. The van der Waals surface area contributed by atoms with Crippen LogP contribution in [0.25, 0.3) is 0 Å². The van der Waals surface area contributed by atoms with Crippen LogP contribution >= 0.6 is 0 Å². The van der Waals surface area contributed by atoms with Crippen LogP contribution in [0.3, 0.4) is 0 Å². The summed E-state index contributed by atoms with van der Waals surface area (Å²) in [6.07, 6.45) is -5.33. The predicted octanol–water partition coefficient (Wildman–Crippen LogP) is 2.26. The van der Waals surface area contributed by atoms with Crippen molar-refractivity contribution in [1.29, 1.82) is 0 Å². The Bertz CT molecular complexity index is 784. The van der Waals surface area contributed by atoms with Crippen LogP contribution in [0.2, 0.25) is 0 Å². The van der Waals surface area contributed by atoms with E-state index in [1.807, 2.05) is 4.72 Å². The molecule has 0 fully saturated rings. The lowest BCUT2D eigenvalue weighted by atomic mass is 10.2. The Balaban J connectivity index is 2.59. The van der Waals surface area contributed by atoms with Crippen molar-refractivity contribution >= 4 is 22.0 Å². The van der Waals surface area contributed by atoms with Gasteiger partial charge in [-0.3, -0.25) is 4.79 Å². The lowest BCUT2D eigenvalue weighted by Crippen LogP contribution is -2.30. The molecular formula is C16H20F3NO6S. The van der Waals surface area contributed by atoms with E-state index in [-0.39, 0.29) is 0 Å². The number of hydrogen-bond acceptors (Lipinski definition) is 6. The van der Waals surface area contributed by atoms with E-state index in [9.17, 15) is 31.2 Å². The molecule has 0 spiro atoms. The van der Waals surface area contributed by atoms with Gasteiger partial charge in [-0.15, -0.1) is 0 Å². The average Bonchev–Trinajstić information content (AvgIpc) is 2.50. The Hall–Kier alpha value is -2.14. The highest BCUT2D eigenvalue weighted by atomic mass is 32.2. The Kier molecular flexibility index (Phi) is 7.38. The Morgan fingerprint density at radius 1 is 1.07 bits per heavy atom. The molecule has 0 saturated carbocycles. The molecular weight excluding hydrogens is 391 g/mol. The first-order valence-electron chi connectivity index (χ1n) is 7.76. The van der Waals surface area contributed by atoms with Crippen molar-refractivity contribution in [2.45, 2.75) is 43.9 Å². The number of rotatable bonds is 7. The predicted molar refractivity (Wildman–Crippen MR) is 88.1 cm³/mol. The van der Waals surface area contributed by atoms with Crippen molar-refractivity contribution in [1.82, 2.24) is 4.72 Å². The minimum absolute atomic E-state index is 0.476. The van der Waals surface area contributed by atoms with E-state index in [0.717, 1.165) is 18.2 Å². The molecule has 0 bridgehead atoms. The van der Waals surface area contributed by atoms with Crippen molar-refractivity contribution in [3.63, 3.8) is 0 Å². The van der Waals surface area contributed by atoms with E-state index in [2.05, 4.69) is 4.74 Å². The first kappa shape index (κ1) is 22.9. The summed E-state index contributed by atoms with van der Waals surface area (Å²) in [6.45, 7) is 3.72. The van der Waals surface area contributed by atoms with Crippen molar-refractivity contribution in [2.75, 3.05) is 13.2 Å². The van der Waals surface area contributed by atoms with E-state index in [1.165, 1.54) is 0 Å². The number of nitrogens with one attached hydrogen (secondary N) is 1. The maximum Gasteiger partial charge on any atom is 0.417 e. The van der Waals surface area contributed by atoms with Crippen molar-refractivity contribution in [3.05, 3.63) is 29.8 Å². The highest BCUT2D eigenvalue weighted by Crippen LogP contribution is 2.33. The quantitative estimate of drug-likeness (QED) is 0.691. The molecule has 1 aromatic rings. The number of carbonyl (C=O) groups excluding carboxylic acids is 2. The number of ether oxygens (including phenoxy) is 2. The Labute approximate surface area is 154 Å². The van der Waals surface area contributed by atoms with Gasteiger partial charge in [0.1, 0.15) is 5.60 Å². The third kappa shape index (κ3) is 7.95. The third-order valence-corrected chi connectivity index (χ3v) is 4.39. The zero-order valence-electron chi connectivity index (χ0n) is 14.9. The molecule has 0 aromatic heterocycles. The van der Waals surface area contributed by atoms with Gasteiger partial charge in [-0.05, 0) is 32.9 Å². The fourth-order valence-electron chi connectivity index (χ4n) is 1.88. The molecule has 1 N–H and O–H groups in total. The molecule has 0 heterocycles. The number of benzene rings is 1. The standard InChI is InChI=1S/C16H20F3NO6S/c1-15(2,3)26-14(22)10-25-13(21)8-9-20-27(23,24)12-7-5-4-6-11(12)16(17,18)19/h4-7,20H,8-10H2,1-3H3. The lowest BCUT2D eigenvalue weighted by Gasteiger charge is -2.19. The molecule has 152 valence electrons. The van der Waals surface area contributed by atoms with Gasteiger partial charge < -0.3 is 9.47 Å². The molecule has 0 atom stereocenters. The number of hydrogen-bond donors (Lipinski definition) is 1. The zero-order valence-corrected chi connectivity index (χ0v) is 15.7. The molecule has 1 aromatic carbocycles. The summed E-state index contributed by atoms with van der Waals surface area (Å²) in [6, 6.07) is 3.67. The number of alkyl halides is 3. The van der Waals surface area contributed by atoms with Gasteiger partial charge in [0.05, 0.1) is 16.9 Å². The number of sulfonamides is 1. The van der Waals surface area contributed by atoms with E-state index in [1.54, 1.807) is 20.8 Å². The Morgan fingerprint density at radius 3 is 2.22 bits per heavy atom. The highest BCUT2D eigenvalue weighted by molar-refractivity contribution is 7.89. The average molecular weight is 411 g/mol. The van der Waals surface area contributed by atoms with Crippen LogP contribution in [0.4, 0.5) is 13.2 Å². The van der Waals surface area contributed by atoms with Gasteiger partial charge in [0.25, 0.3) is 0 Å². The second-order valence-corrected chi connectivity index (χ2v) is 8.12. The van der Waals surface area contributed by atoms with E-state index in [4.69, 9.17) is 4.74 Å². The normalized spacial score (nSPS) is 12.5. The van der Waals surface area contributed by atoms with Crippen molar-refractivity contribution < 1.29 is 40.7 Å². The summed E-state index contributed by atoms with van der Waals surface area (Å²) in [5.41, 5.74) is -2.07. The van der Waals surface area contributed by atoms with Crippen LogP contribution in [-0.2, 0) is 35.3 Å². The van der Waals surface area contributed by atoms with Crippen molar-refractivity contribution in [2.24, 2.45) is 0 Å². The molecule has 11 heteroatoms. The molecule has 27 heavy (non-hydrogen) atoms. The summed E-state index contributed by atoms with van der Waals surface area (Å²) < 4.78 is 74.3. The van der Waals surface area contributed by atoms with Gasteiger partial charge in [0, 0.05) is 6.54 Å². The highest BCUT2D eigenvalue weighted by Gasteiger charge is 2.36. The van der Waals surface area contributed by atoms with Gasteiger partial charge in [-0.2, -0.15) is 13.2 Å². The van der Waals surface area contributed by atoms with Crippen LogP contribution in [0, 0.1) is 0 Å². The minimum atomic E-state index is -4.85. The summed E-state index contributed by atoms with van der Waals surface area (Å²) in [4.78, 5) is 22.0. The maximum atomic E-state index is 12.9. The van der Waals surface area contributed by atoms with Gasteiger partial charge in [0.15, 0.2) is 6.61 Å². The molecule has 0 aliphatic rings. The van der Waals surface area contributed by atoms with Crippen LogP contribution in [0.15, 0.2) is 29.2 Å². The van der Waals surface area contributed by atoms with Gasteiger partial charge >= 0.3 is 18.1 Å². The number of halogens is 3. The molecule has 7 nitrogen and oxygen atoms in total. The maximum absolute atomic E-state index is 12.9. The lowest BCUT2D eigenvalue weighted by molar-refractivity contribution is -0.166. The van der Waals surface area contributed by atoms with E-state index < -0.39 is 63.8 Å². The first-order chi connectivity index (χ1) is 12.2. The molecule has 0 amide bonds. The number of carbonyl (C=O) groups is 2. The summed E-state index contributed by atoms with van der Waals surface area (Å²) in [5.74, 6) is -1.69. The van der Waals surface area contributed by atoms with Crippen LogP contribution in [0.1, 0.15) is 32.8 Å². The van der Waals surface area contributed by atoms with Gasteiger partial charge in [-0.25, -0.2) is 17.9 Å². The smallest absolute Gasteiger partial charge is 0.417 e.